The average molecular weight is 420 g/mol. The summed E-state index contributed by atoms with van der Waals surface area (Å²) < 4.78 is 10.9. The monoisotopic (exact) mass is 420 g/mol. The van der Waals surface area contributed by atoms with Crippen LogP contribution in [0.4, 0.5) is 0 Å². The van der Waals surface area contributed by atoms with E-state index in [0.717, 1.165) is 25.9 Å². The SMILES string of the molecule is C.O=C([O-])c1c(OC2CN(C(=O)CC3CCNCC3)C2)ccc2c1O[B-](O)(O)CC2. The molecule has 4 rings (SSSR count). The molecule has 166 valence electrons. The van der Waals surface area contributed by atoms with E-state index in [1.54, 1.807) is 11.0 Å². The highest BCUT2D eigenvalue weighted by Crippen LogP contribution is 2.38. The molecule has 2 fully saturated rings. The number of rotatable bonds is 5. The van der Waals surface area contributed by atoms with Crippen molar-refractivity contribution in [1.29, 1.82) is 0 Å². The van der Waals surface area contributed by atoms with Gasteiger partial charge in [-0.2, -0.15) is 0 Å². The molecule has 3 aliphatic rings. The largest absolute Gasteiger partial charge is 0.669 e. The highest BCUT2D eigenvalue weighted by Gasteiger charge is 2.35. The number of nitrogens with zero attached hydrogens (tertiary/aromatic N) is 1. The Morgan fingerprint density at radius 3 is 2.63 bits per heavy atom. The molecule has 3 heterocycles. The minimum Gasteiger partial charge on any atom is -0.669 e. The van der Waals surface area contributed by atoms with Gasteiger partial charge in [0.2, 0.25) is 5.91 Å². The van der Waals surface area contributed by atoms with Crippen molar-refractivity contribution in [2.45, 2.75) is 45.5 Å². The fraction of sp³-hybridized carbons (Fsp3) is 0.600. The third kappa shape index (κ3) is 4.71. The van der Waals surface area contributed by atoms with Crippen LogP contribution in [-0.2, 0) is 11.2 Å². The first-order valence-corrected chi connectivity index (χ1v) is 10.1. The number of carboxylic acids is 1. The second-order valence-corrected chi connectivity index (χ2v) is 8.17. The topological polar surface area (TPSA) is 131 Å². The van der Waals surface area contributed by atoms with Crippen molar-refractivity contribution < 1.29 is 34.1 Å². The number of hydrogen-bond donors (Lipinski definition) is 3. The van der Waals surface area contributed by atoms with Crippen molar-refractivity contribution in [3.8, 4) is 11.5 Å². The zero-order valence-corrected chi connectivity index (χ0v) is 16.1. The first-order chi connectivity index (χ1) is 13.8. The normalized spacial score (nSPS) is 20.9. The number of amides is 1. The van der Waals surface area contributed by atoms with E-state index < -0.39 is 12.7 Å². The molecule has 0 radical (unpaired) electrons. The molecule has 2 saturated heterocycles. The van der Waals surface area contributed by atoms with Gasteiger partial charge in [0.1, 0.15) is 11.9 Å². The molecular weight excluding hydrogens is 391 g/mol. The molecule has 30 heavy (non-hydrogen) atoms. The second-order valence-electron chi connectivity index (χ2n) is 8.17. The molecule has 0 saturated carbocycles. The molecule has 0 spiro atoms. The van der Waals surface area contributed by atoms with Crippen LogP contribution in [0.5, 0.6) is 11.5 Å². The lowest BCUT2D eigenvalue weighted by Gasteiger charge is -2.41. The van der Waals surface area contributed by atoms with Gasteiger partial charge in [0.25, 0.3) is 0 Å². The van der Waals surface area contributed by atoms with Gasteiger partial charge in [0.15, 0.2) is 0 Å². The predicted octanol–water partition coefficient (Wildman–Crippen LogP) is -0.476. The van der Waals surface area contributed by atoms with Gasteiger partial charge < -0.3 is 39.6 Å². The third-order valence-corrected chi connectivity index (χ3v) is 5.92. The van der Waals surface area contributed by atoms with Gasteiger partial charge >= 0.3 is 6.75 Å². The summed E-state index contributed by atoms with van der Waals surface area (Å²) in [5.74, 6) is -1.07. The second kappa shape index (κ2) is 8.83. The molecule has 3 aliphatic heterocycles. The number of fused-ring (bicyclic) bond motifs is 1. The van der Waals surface area contributed by atoms with Gasteiger partial charge in [0, 0.05) is 6.42 Å². The van der Waals surface area contributed by atoms with Crippen molar-refractivity contribution >= 4 is 18.6 Å². The Bertz CT molecular complexity index is 805. The van der Waals surface area contributed by atoms with Crippen LogP contribution < -0.4 is 19.8 Å². The van der Waals surface area contributed by atoms with Crippen molar-refractivity contribution in [3.63, 3.8) is 0 Å². The maximum Gasteiger partial charge on any atom is 0.430 e. The van der Waals surface area contributed by atoms with Crippen LogP contribution in [0, 0.1) is 5.92 Å². The van der Waals surface area contributed by atoms with Crippen molar-refractivity contribution in [2.75, 3.05) is 26.2 Å². The van der Waals surface area contributed by atoms with Crippen LogP contribution in [0.15, 0.2) is 12.1 Å². The number of aromatic carboxylic acids is 1. The molecule has 9 nitrogen and oxygen atoms in total. The van der Waals surface area contributed by atoms with Gasteiger partial charge in [-0.15, -0.1) is 0 Å². The van der Waals surface area contributed by atoms with Crippen LogP contribution in [0.2, 0.25) is 6.32 Å². The van der Waals surface area contributed by atoms with E-state index in [-0.39, 0.29) is 49.2 Å². The lowest BCUT2D eigenvalue weighted by molar-refractivity contribution is -0.255. The Hall–Kier alpha value is -2.30. The van der Waals surface area contributed by atoms with E-state index in [1.807, 2.05) is 0 Å². The summed E-state index contributed by atoms with van der Waals surface area (Å²) >= 11 is 0. The standard InChI is InChI=1S/C19H26BN2O7.CH4/c23-16(9-12-4-7-21-8-5-12)22-10-14(11-22)28-15-2-1-13-3-6-20(26,27)29-18(13)17(15)19(24)25;/h1-2,12,14,21,26-27H,3-11H2,(H,24,25);1H4/q-1;/p-1. The van der Waals surface area contributed by atoms with Crippen LogP contribution >= 0.6 is 0 Å². The van der Waals surface area contributed by atoms with Crippen molar-refractivity contribution in [1.82, 2.24) is 10.2 Å². The molecule has 0 unspecified atom stereocenters. The smallest absolute Gasteiger partial charge is 0.430 e. The Morgan fingerprint density at radius 2 is 1.97 bits per heavy atom. The summed E-state index contributed by atoms with van der Waals surface area (Å²) in [7, 11) is 0. The molecule has 0 aliphatic carbocycles. The molecule has 0 aromatic heterocycles. The number of carboxylic acid groups (broad SMARTS) is 1. The van der Waals surface area contributed by atoms with E-state index in [2.05, 4.69) is 5.32 Å². The number of nitrogens with one attached hydrogen (secondary N) is 1. The van der Waals surface area contributed by atoms with Crippen molar-refractivity contribution in [3.05, 3.63) is 23.3 Å². The highest BCUT2D eigenvalue weighted by atomic mass is 16.6. The third-order valence-electron chi connectivity index (χ3n) is 5.92. The Morgan fingerprint density at radius 1 is 1.27 bits per heavy atom. The van der Waals surface area contributed by atoms with E-state index in [4.69, 9.17) is 9.39 Å². The van der Waals surface area contributed by atoms with Gasteiger partial charge in [0.05, 0.1) is 30.4 Å². The summed E-state index contributed by atoms with van der Waals surface area (Å²) in [5.41, 5.74) is 0.237. The van der Waals surface area contributed by atoms with E-state index in [9.17, 15) is 24.7 Å². The minimum atomic E-state index is -3.10. The van der Waals surface area contributed by atoms with E-state index in [0.29, 0.717) is 31.0 Å². The molecule has 1 amide bonds. The lowest BCUT2D eigenvalue weighted by atomic mass is 9.70. The number of hydrogen-bond acceptors (Lipinski definition) is 8. The Kier molecular flexibility index (Phi) is 6.59. The van der Waals surface area contributed by atoms with Gasteiger partial charge in [-0.3, -0.25) is 4.79 Å². The minimum absolute atomic E-state index is 0. The van der Waals surface area contributed by atoms with E-state index in [1.165, 1.54) is 6.07 Å². The van der Waals surface area contributed by atoms with E-state index >= 15 is 0 Å². The first-order valence-electron chi connectivity index (χ1n) is 10.1. The molecular formula is C20H29BN2O7-2. The number of carbonyl (C=O) groups is 2. The Labute approximate surface area is 176 Å². The number of ether oxygens (including phenoxy) is 1. The fourth-order valence-electron chi connectivity index (χ4n) is 4.18. The summed E-state index contributed by atoms with van der Waals surface area (Å²) in [6.45, 7) is -0.430. The van der Waals surface area contributed by atoms with Crippen LogP contribution in [0.25, 0.3) is 0 Å². The molecule has 0 atom stereocenters. The molecule has 0 bridgehead atoms. The zero-order chi connectivity index (χ0) is 20.6. The van der Waals surface area contributed by atoms with Crippen molar-refractivity contribution in [2.24, 2.45) is 5.92 Å². The fourth-order valence-corrected chi connectivity index (χ4v) is 4.18. The number of benzene rings is 1. The quantitative estimate of drug-likeness (QED) is 0.545. The van der Waals surface area contributed by atoms with Crippen LogP contribution in [0.3, 0.4) is 0 Å². The van der Waals surface area contributed by atoms with Gasteiger partial charge in [-0.05, 0) is 49.9 Å². The summed E-state index contributed by atoms with van der Waals surface area (Å²) in [6.07, 6.45) is 2.49. The molecule has 1 aromatic carbocycles. The Balaban J connectivity index is 0.00000256. The number of carbonyl (C=O) groups excluding carboxylic acids is 2. The van der Waals surface area contributed by atoms with Crippen LogP contribution in [0.1, 0.15) is 42.6 Å². The highest BCUT2D eigenvalue weighted by molar-refractivity contribution is 6.59. The lowest BCUT2D eigenvalue weighted by Crippen LogP contribution is -2.56. The number of aryl methyl sites for hydroxylation is 1. The number of piperidine rings is 1. The summed E-state index contributed by atoms with van der Waals surface area (Å²) in [5, 5.41) is 34.5. The maximum absolute atomic E-state index is 12.4. The number of likely N-dealkylation sites (tertiary alicyclic amines) is 1. The van der Waals surface area contributed by atoms with Crippen LogP contribution in [-0.4, -0.2) is 65.9 Å². The molecule has 3 N–H and O–H groups in total. The molecule has 10 heteroatoms. The van der Waals surface area contributed by atoms with Gasteiger partial charge in [-0.1, -0.05) is 19.8 Å². The average Bonchev–Trinajstić information content (AvgIpc) is 2.63. The van der Waals surface area contributed by atoms with Gasteiger partial charge in [-0.25, -0.2) is 0 Å². The first kappa shape index (κ1) is 22.4. The molecule has 1 aromatic rings. The predicted molar refractivity (Wildman–Crippen MR) is 108 cm³/mol. The maximum atomic E-state index is 12.4. The summed E-state index contributed by atoms with van der Waals surface area (Å²) in [4.78, 5) is 25.8. The summed E-state index contributed by atoms with van der Waals surface area (Å²) in [6, 6.07) is 3.18. The zero-order valence-electron chi connectivity index (χ0n) is 16.1.